The van der Waals surface area contributed by atoms with Crippen LogP contribution in [-0.2, 0) is 5.41 Å². The quantitative estimate of drug-likeness (QED) is 0.144. The van der Waals surface area contributed by atoms with Gasteiger partial charge in [-0.05, 0) is 96.5 Å². The number of hydrogen-bond donors (Lipinski definition) is 0. The van der Waals surface area contributed by atoms with Crippen LogP contribution in [0.15, 0.2) is 264 Å². The lowest BCUT2D eigenvalue weighted by molar-refractivity contribution is 0.722. The van der Waals surface area contributed by atoms with Gasteiger partial charge >= 0.3 is 0 Å². The van der Waals surface area contributed by atoms with Crippen molar-refractivity contribution in [2.45, 2.75) is 21.6 Å². The Morgan fingerprint density at radius 2 is 0.859 bits per heavy atom. The predicted octanol–water partition coefficient (Wildman–Crippen LogP) is 14.5. The summed E-state index contributed by atoms with van der Waals surface area (Å²) in [4.78, 5) is 2.62. The van der Waals surface area contributed by atoms with E-state index >= 15 is 0 Å². The topological polar surface area (TPSA) is 0 Å². The molecule has 2 aliphatic carbocycles. The van der Waals surface area contributed by atoms with Crippen molar-refractivity contribution in [3.05, 3.63) is 288 Å². The lowest BCUT2D eigenvalue weighted by Gasteiger charge is -2.39. The van der Waals surface area contributed by atoms with Gasteiger partial charge in [0.2, 0.25) is 6.71 Å². The minimum atomic E-state index is -0.499. The fourth-order valence-electron chi connectivity index (χ4n) is 11.0. The molecule has 300 valence electrons. The van der Waals surface area contributed by atoms with E-state index in [1.807, 2.05) is 11.8 Å². The summed E-state index contributed by atoms with van der Waals surface area (Å²) in [7, 11) is 0. The highest BCUT2D eigenvalue weighted by molar-refractivity contribution is 7.99. The van der Waals surface area contributed by atoms with Gasteiger partial charge < -0.3 is 0 Å². The minimum absolute atomic E-state index is 0.168. The van der Waals surface area contributed by atoms with E-state index in [1.165, 1.54) is 104 Å². The Hall–Kier alpha value is -7.39. The molecule has 0 radical (unpaired) electrons. The molecule has 64 heavy (non-hydrogen) atoms. The van der Waals surface area contributed by atoms with Gasteiger partial charge in [0, 0.05) is 9.79 Å². The normalized spacial score (nSPS) is 14.2. The zero-order valence-electron chi connectivity index (χ0n) is 35.4. The Bertz CT molecular complexity index is 3200. The van der Waals surface area contributed by atoms with Crippen molar-refractivity contribution in [1.82, 2.24) is 0 Å². The second-order valence-corrected chi connectivity index (χ2v) is 18.1. The van der Waals surface area contributed by atoms with Crippen molar-refractivity contribution in [3.8, 4) is 33.4 Å². The van der Waals surface area contributed by atoms with Crippen LogP contribution in [0.5, 0.6) is 0 Å². The molecule has 0 bridgehead atoms. The van der Waals surface area contributed by atoms with Gasteiger partial charge in [-0.1, -0.05) is 265 Å². The maximum atomic E-state index is 2.46. The third-order valence-corrected chi connectivity index (χ3v) is 14.8. The summed E-state index contributed by atoms with van der Waals surface area (Å²) >= 11 is 1.90. The van der Waals surface area contributed by atoms with Gasteiger partial charge in [0.25, 0.3) is 0 Å². The predicted molar refractivity (Wildman–Crippen MR) is 272 cm³/mol. The lowest BCUT2D eigenvalue weighted by Crippen LogP contribution is -2.48. The van der Waals surface area contributed by atoms with Crippen LogP contribution in [0.2, 0.25) is 0 Å². The molecule has 0 N–H and O–H groups in total. The number of allylic oxidation sites excluding steroid dienone is 6. The largest absolute Gasteiger partial charge is 0.240 e. The molecule has 0 fully saturated rings. The van der Waals surface area contributed by atoms with Crippen molar-refractivity contribution >= 4 is 40.5 Å². The molecule has 1 heterocycles. The molecule has 1 aliphatic heterocycles. The van der Waals surface area contributed by atoms with Crippen LogP contribution in [0.3, 0.4) is 0 Å². The van der Waals surface area contributed by atoms with E-state index in [0.29, 0.717) is 0 Å². The first-order valence-corrected chi connectivity index (χ1v) is 23.2. The van der Waals surface area contributed by atoms with Gasteiger partial charge in [-0.15, -0.1) is 0 Å². The Balaban J connectivity index is 1.25. The van der Waals surface area contributed by atoms with Crippen molar-refractivity contribution in [2.75, 3.05) is 0 Å². The molecule has 2 heteroatoms. The Labute approximate surface area is 381 Å². The number of fused-ring (bicyclic) bond motifs is 9. The number of hydrogen-bond acceptors (Lipinski definition) is 1. The average Bonchev–Trinajstić information content (AvgIpc) is 3.49. The summed E-state index contributed by atoms with van der Waals surface area (Å²) in [6.45, 7) is -0.168. The first-order valence-electron chi connectivity index (χ1n) is 22.3. The molecular formula is C62H43BS. The van der Waals surface area contributed by atoms with Crippen LogP contribution in [0.4, 0.5) is 0 Å². The zero-order chi connectivity index (χ0) is 42.5. The summed E-state index contributed by atoms with van der Waals surface area (Å²) in [5, 5.41) is 0. The van der Waals surface area contributed by atoms with E-state index in [4.69, 9.17) is 0 Å². The molecule has 3 aliphatic rings. The highest BCUT2D eigenvalue weighted by Gasteiger charge is 2.51. The average molecular weight is 831 g/mol. The van der Waals surface area contributed by atoms with E-state index in [0.717, 1.165) is 6.42 Å². The highest BCUT2D eigenvalue weighted by atomic mass is 32.2. The third kappa shape index (κ3) is 6.16. The molecule has 0 atom stereocenters. The standard InChI is InChI=1S/C62H43BS/c1-5-22-43(23-6-1)47-30-19-32-48(44-24-7-2-8-25-44)57(42-47)63(61-49(45-26-9-3-10-27-45)33-20-34-50(61)46-28-11-4-12-29-46)56-39-21-38-55-60(56)51-31-13-14-35-52(51)62(55)53-36-15-17-40-58(53)64-59-41-18-16-37-54(59)62/h1-41H,42H2. The second-order valence-electron chi connectivity index (χ2n) is 17.0. The van der Waals surface area contributed by atoms with E-state index in [-0.39, 0.29) is 6.71 Å². The Morgan fingerprint density at radius 1 is 0.391 bits per heavy atom. The van der Waals surface area contributed by atoms with Crippen LogP contribution in [0, 0.1) is 0 Å². The van der Waals surface area contributed by atoms with E-state index < -0.39 is 5.41 Å². The maximum absolute atomic E-state index is 2.46. The molecule has 0 unspecified atom stereocenters. The van der Waals surface area contributed by atoms with E-state index in [1.54, 1.807) is 0 Å². The number of benzene rings is 9. The first-order chi connectivity index (χ1) is 31.8. The van der Waals surface area contributed by atoms with Gasteiger partial charge in [0.05, 0.1) is 5.41 Å². The molecule has 0 saturated heterocycles. The van der Waals surface area contributed by atoms with E-state index in [9.17, 15) is 0 Å². The van der Waals surface area contributed by atoms with Crippen molar-refractivity contribution < 1.29 is 0 Å². The zero-order valence-corrected chi connectivity index (χ0v) is 36.2. The Kier molecular flexibility index (Phi) is 9.61. The van der Waals surface area contributed by atoms with Gasteiger partial charge in [-0.3, -0.25) is 0 Å². The highest BCUT2D eigenvalue weighted by Crippen LogP contribution is 2.62. The molecule has 1 spiro atoms. The summed E-state index contributed by atoms with van der Waals surface area (Å²) in [6.07, 6.45) is 7.77. The van der Waals surface area contributed by atoms with Crippen LogP contribution < -0.4 is 10.9 Å². The van der Waals surface area contributed by atoms with E-state index in [2.05, 4.69) is 249 Å². The fraction of sp³-hybridized carbons (Fsp3) is 0.0323. The molecular weight excluding hydrogens is 788 g/mol. The van der Waals surface area contributed by atoms with Gasteiger partial charge in [-0.2, -0.15) is 0 Å². The van der Waals surface area contributed by atoms with Crippen LogP contribution >= 0.6 is 11.8 Å². The van der Waals surface area contributed by atoms with Crippen molar-refractivity contribution in [3.63, 3.8) is 0 Å². The molecule has 9 aromatic rings. The Morgan fingerprint density at radius 3 is 1.47 bits per heavy atom. The van der Waals surface area contributed by atoms with Gasteiger partial charge in [0.1, 0.15) is 0 Å². The monoisotopic (exact) mass is 830 g/mol. The van der Waals surface area contributed by atoms with Gasteiger partial charge in [0.15, 0.2) is 0 Å². The van der Waals surface area contributed by atoms with Crippen molar-refractivity contribution in [1.29, 1.82) is 0 Å². The summed E-state index contributed by atoms with van der Waals surface area (Å²) in [6, 6.07) is 86.0. The SMILES string of the molecule is C1=CC(c2ccccc2)=C(B(c2cccc3c2-c2ccccc2C32c3ccccc3Sc3ccccc32)c2c(-c3ccccc3)cccc2-c2ccccc2)CC(c2ccccc2)=C1. The first kappa shape index (κ1) is 38.3. The van der Waals surface area contributed by atoms with Crippen LogP contribution in [0.25, 0.3) is 44.5 Å². The smallest absolute Gasteiger partial charge is 0.0894 e. The molecule has 0 amide bonds. The molecule has 12 rings (SSSR count). The van der Waals surface area contributed by atoms with Crippen molar-refractivity contribution in [2.24, 2.45) is 0 Å². The van der Waals surface area contributed by atoms with Gasteiger partial charge in [-0.25, -0.2) is 0 Å². The fourth-order valence-corrected chi connectivity index (χ4v) is 12.2. The third-order valence-electron chi connectivity index (χ3n) is 13.6. The molecule has 0 saturated carbocycles. The maximum Gasteiger partial charge on any atom is 0.240 e. The summed E-state index contributed by atoms with van der Waals surface area (Å²) < 4.78 is 0. The van der Waals surface area contributed by atoms with Crippen LogP contribution in [-0.4, -0.2) is 6.71 Å². The van der Waals surface area contributed by atoms with Crippen LogP contribution in [0.1, 0.15) is 39.8 Å². The minimum Gasteiger partial charge on any atom is -0.0894 e. The summed E-state index contributed by atoms with van der Waals surface area (Å²) in [5.41, 5.74) is 21.5. The second kappa shape index (κ2) is 16.1. The molecule has 0 nitrogen and oxygen atoms in total. The molecule has 9 aromatic carbocycles. The summed E-state index contributed by atoms with van der Waals surface area (Å²) in [5.74, 6) is 0. The lowest BCUT2D eigenvalue weighted by atomic mass is 9.32. The number of rotatable bonds is 7. The molecule has 0 aromatic heterocycles.